The molecule has 0 aliphatic heterocycles. The first-order valence-corrected chi connectivity index (χ1v) is 6.10. The summed E-state index contributed by atoms with van der Waals surface area (Å²) in [6.45, 7) is 10.4. The van der Waals surface area contributed by atoms with Crippen LogP contribution >= 0.6 is 0 Å². The number of hydrogen-bond acceptors (Lipinski definition) is 2. The molecule has 0 spiro atoms. The quantitative estimate of drug-likeness (QED) is 0.795. The van der Waals surface area contributed by atoms with Gasteiger partial charge >= 0.3 is 0 Å². The van der Waals surface area contributed by atoms with E-state index in [4.69, 9.17) is 4.74 Å². The molecule has 0 fully saturated rings. The van der Waals surface area contributed by atoms with Crippen LogP contribution < -0.4 is 10.1 Å². The molecule has 0 heterocycles. The van der Waals surface area contributed by atoms with Gasteiger partial charge in [-0.2, -0.15) is 0 Å². The van der Waals surface area contributed by atoms with Crippen molar-refractivity contribution in [2.24, 2.45) is 5.92 Å². The van der Waals surface area contributed by atoms with Crippen molar-refractivity contribution >= 4 is 0 Å². The van der Waals surface area contributed by atoms with Crippen LogP contribution in [0.25, 0.3) is 0 Å². The highest BCUT2D eigenvalue weighted by Gasteiger charge is 2.10. The van der Waals surface area contributed by atoms with Gasteiger partial charge in [0.1, 0.15) is 5.75 Å². The standard InChI is InChI=1S/C14H23NO/c1-5-15-12(4)13-8-6-7-9-14(13)16-10-11(2)3/h6-9,11-12,15H,5,10H2,1-4H3. The summed E-state index contributed by atoms with van der Waals surface area (Å²) in [7, 11) is 0. The summed E-state index contributed by atoms with van der Waals surface area (Å²) >= 11 is 0. The summed E-state index contributed by atoms with van der Waals surface area (Å²) in [5.41, 5.74) is 1.24. The predicted octanol–water partition coefficient (Wildman–Crippen LogP) is 3.39. The first-order chi connectivity index (χ1) is 7.65. The summed E-state index contributed by atoms with van der Waals surface area (Å²) in [5.74, 6) is 1.56. The summed E-state index contributed by atoms with van der Waals surface area (Å²) < 4.78 is 5.83. The second kappa shape index (κ2) is 6.54. The summed E-state index contributed by atoms with van der Waals surface area (Å²) in [4.78, 5) is 0. The smallest absolute Gasteiger partial charge is 0.124 e. The molecule has 2 heteroatoms. The molecule has 0 saturated carbocycles. The molecule has 0 saturated heterocycles. The molecular weight excluding hydrogens is 198 g/mol. The van der Waals surface area contributed by atoms with E-state index in [9.17, 15) is 0 Å². The first kappa shape index (κ1) is 13.0. The molecule has 1 aromatic rings. The van der Waals surface area contributed by atoms with Crippen molar-refractivity contribution in [2.45, 2.75) is 33.7 Å². The van der Waals surface area contributed by atoms with Crippen LogP contribution in [0.4, 0.5) is 0 Å². The van der Waals surface area contributed by atoms with Crippen LogP contribution in [-0.4, -0.2) is 13.2 Å². The third kappa shape index (κ3) is 3.86. The van der Waals surface area contributed by atoms with Crippen LogP contribution in [0.1, 0.15) is 39.3 Å². The van der Waals surface area contributed by atoms with Gasteiger partial charge < -0.3 is 10.1 Å². The van der Waals surface area contributed by atoms with Gasteiger partial charge in [-0.25, -0.2) is 0 Å². The fourth-order valence-corrected chi connectivity index (χ4v) is 1.64. The number of nitrogens with one attached hydrogen (secondary N) is 1. The average Bonchev–Trinajstić information content (AvgIpc) is 2.27. The van der Waals surface area contributed by atoms with E-state index in [0.29, 0.717) is 12.0 Å². The summed E-state index contributed by atoms with van der Waals surface area (Å²) in [5, 5.41) is 3.41. The number of hydrogen-bond donors (Lipinski definition) is 1. The van der Waals surface area contributed by atoms with Crippen molar-refractivity contribution < 1.29 is 4.74 Å². The SMILES string of the molecule is CCNC(C)c1ccccc1OCC(C)C. The molecule has 1 unspecified atom stereocenters. The van der Waals surface area contributed by atoms with E-state index in [1.165, 1.54) is 5.56 Å². The lowest BCUT2D eigenvalue weighted by Gasteiger charge is -2.18. The zero-order valence-electron chi connectivity index (χ0n) is 10.8. The number of rotatable bonds is 6. The maximum atomic E-state index is 5.83. The second-order valence-corrected chi connectivity index (χ2v) is 4.52. The molecule has 0 radical (unpaired) electrons. The molecule has 0 aliphatic rings. The predicted molar refractivity (Wildman–Crippen MR) is 68.9 cm³/mol. The molecule has 1 aromatic carbocycles. The van der Waals surface area contributed by atoms with E-state index in [2.05, 4.69) is 45.1 Å². The summed E-state index contributed by atoms with van der Waals surface area (Å²) in [6.07, 6.45) is 0. The highest BCUT2D eigenvalue weighted by Crippen LogP contribution is 2.24. The van der Waals surface area contributed by atoms with Crippen molar-refractivity contribution in [2.75, 3.05) is 13.2 Å². The summed E-state index contributed by atoms with van der Waals surface area (Å²) in [6, 6.07) is 8.60. The molecule has 1 atom stereocenters. The zero-order valence-corrected chi connectivity index (χ0v) is 10.8. The lowest BCUT2D eigenvalue weighted by molar-refractivity contribution is 0.266. The Hall–Kier alpha value is -1.02. The van der Waals surface area contributed by atoms with Gasteiger partial charge in [-0.3, -0.25) is 0 Å². The van der Waals surface area contributed by atoms with Crippen molar-refractivity contribution in [3.05, 3.63) is 29.8 Å². The van der Waals surface area contributed by atoms with Gasteiger partial charge in [0.2, 0.25) is 0 Å². The van der Waals surface area contributed by atoms with E-state index < -0.39 is 0 Å². The van der Waals surface area contributed by atoms with Gasteiger partial charge in [0, 0.05) is 11.6 Å². The van der Waals surface area contributed by atoms with Crippen molar-refractivity contribution in [3.63, 3.8) is 0 Å². The van der Waals surface area contributed by atoms with Gasteiger partial charge in [-0.15, -0.1) is 0 Å². The Morgan fingerprint density at radius 3 is 2.50 bits per heavy atom. The van der Waals surface area contributed by atoms with Crippen LogP contribution in [0.2, 0.25) is 0 Å². The highest BCUT2D eigenvalue weighted by atomic mass is 16.5. The Morgan fingerprint density at radius 1 is 1.19 bits per heavy atom. The zero-order chi connectivity index (χ0) is 12.0. The Morgan fingerprint density at radius 2 is 1.88 bits per heavy atom. The Balaban J connectivity index is 2.74. The molecule has 1 N–H and O–H groups in total. The second-order valence-electron chi connectivity index (χ2n) is 4.52. The van der Waals surface area contributed by atoms with E-state index in [1.807, 2.05) is 12.1 Å². The Bertz CT molecular complexity index is 309. The minimum absolute atomic E-state index is 0.341. The molecule has 16 heavy (non-hydrogen) atoms. The van der Waals surface area contributed by atoms with E-state index in [1.54, 1.807) is 0 Å². The van der Waals surface area contributed by atoms with Crippen molar-refractivity contribution in [1.82, 2.24) is 5.32 Å². The monoisotopic (exact) mass is 221 g/mol. The lowest BCUT2D eigenvalue weighted by Crippen LogP contribution is -2.19. The number of para-hydroxylation sites is 1. The molecular formula is C14H23NO. The molecule has 1 rings (SSSR count). The lowest BCUT2D eigenvalue weighted by atomic mass is 10.1. The molecule has 0 aromatic heterocycles. The fourth-order valence-electron chi connectivity index (χ4n) is 1.64. The number of benzene rings is 1. The van der Waals surface area contributed by atoms with Gasteiger partial charge in [0.15, 0.2) is 0 Å². The highest BCUT2D eigenvalue weighted by molar-refractivity contribution is 5.35. The molecule has 2 nitrogen and oxygen atoms in total. The minimum Gasteiger partial charge on any atom is -0.493 e. The van der Waals surface area contributed by atoms with Crippen LogP contribution in [0.15, 0.2) is 24.3 Å². The van der Waals surface area contributed by atoms with Crippen LogP contribution in [0, 0.1) is 5.92 Å². The van der Waals surface area contributed by atoms with E-state index in [-0.39, 0.29) is 0 Å². The molecule has 0 amide bonds. The maximum absolute atomic E-state index is 5.83. The van der Waals surface area contributed by atoms with E-state index >= 15 is 0 Å². The largest absolute Gasteiger partial charge is 0.493 e. The molecule has 90 valence electrons. The minimum atomic E-state index is 0.341. The third-order valence-corrected chi connectivity index (χ3v) is 2.47. The van der Waals surface area contributed by atoms with Crippen molar-refractivity contribution in [3.8, 4) is 5.75 Å². The molecule has 0 aliphatic carbocycles. The van der Waals surface area contributed by atoms with Gasteiger partial charge in [-0.05, 0) is 25.5 Å². The van der Waals surface area contributed by atoms with Gasteiger partial charge in [0.25, 0.3) is 0 Å². The first-order valence-electron chi connectivity index (χ1n) is 6.10. The fraction of sp³-hybridized carbons (Fsp3) is 0.571. The molecule has 0 bridgehead atoms. The Labute approximate surface area is 99.0 Å². The van der Waals surface area contributed by atoms with Crippen LogP contribution in [0.5, 0.6) is 5.75 Å². The van der Waals surface area contributed by atoms with E-state index in [0.717, 1.165) is 18.9 Å². The third-order valence-electron chi connectivity index (χ3n) is 2.47. The van der Waals surface area contributed by atoms with Gasteiger partial charge in [0.05, 0.1) is 6.61 Å². The maximum Gasteiger partial charge on any atom is 0.124 e. The van der Waals surface area contributed by atoms with Gasteiger partial charge in [-0.1, -0.05) is 39.0 Å². The number of ether oxygens (including phenoxy) is 1. The Kier molecular flexibility index (Phi) is 5.33. The average molecular weight is 221 g/mol. The van der Waals surface area contributed by atoms with Crippen LogP contribution in [0.3, 0.4) is 0 Å². The van der Waals surface area contributed by atoms with Crippen molar-refractivity contribution in [1.29, 1.82) is 0 Å². The van der Waals surface area contributed by atoms with Crippen LogP contribution in [-0.2, 0) is 0 Å². The normalized spacial score (nSPS) is 12.8. The topological polar surface area (TPSA) is 21.3 Å².